The molecule has 1 aromatic rings. The van der Waals surface area contributed by atoms with Gasteiger partial charge in [-0.15, -0.1) is 22.9 Å². The van der Waals surface area contributed by atoms with E-state index in [1.807, 2.05) is 11.3 Å². The molecule has 0 fully saturated rings. The van der Waals surface area contributed by atoms with Crippen molar-refractivity contribution in [2.45, 2.75) is 32.1 Å². The van der Waals surface area contributed by atoms with Crippen molar-refractivity contribution in [1.29, 1.82) is 0 Å². The van der Waals surface area contributed by atoms with Crippen molar-refractivity contribution in [2.75, 3.05) is 0 Å². The smallest absolute Gasteiger partial charge is 0.0310 e. The average molecular weight is 203 g/mol. The largest absolute Gasteiger partial charge is 0.149 e. The van der Waals surface area contributed by atoms with Crippen LogP contribution in [0.3, 0.4) is 0 Å². The lowest BCUT2D eigenvalue weighted by molar-refractivity contribution is 0.530. The third-order valence-corrected chi connectivity index (χ3v) is 2.93. The second-order valence-corrected chi connectivity index (χ2v) is 5.18. The molecular weight excluding hydrogens is 188 g/mol. The van der Waals surface area contributed by atoms with Crippen LogP contribution in [0.15, 0.2) is 17.5 Å². The number of thiophene rings is 1. The Balaban J connectivity index is 2.32. The molecule has 0 radical (unpaired) electrons. The van der Waals surface area contributed by atoms with Crippen molar-refractivity contribution in [3.8, 4) is 0 Å². The number of hydrogen-bond donors (Lipinski definition) is 0. The van der Waals surface area contributed by atoms with Gasteiger partial charge in [0.2, 0.25) is 0 Å². The minimum Gasteiger partial charge on any atom is -0.149 e. The highest BCUT2D eigenvalue weighted by atomic mass is 35.5. The Morgan fingerprint density at radius 2 is 2.25 bits per heavy atom. The molecule has 0 nitrogen and oxygen atoms in total. The third kappa shape index (κ3) is 3.59. The van der Waals surface area contributed by atoms with E-state index in [4.69, 9.17) is 11.6 Å². The van der Waals surface area contributed by atoms with Crippen LogP contribution in [0.2, 0.25) is 0 Å². The Kier molecular flexibility index (Phi) is 4.10. The van der Waals surface area contributed by atoms with Crippen LogP contribution in [0.5, 0.6) is 0 Å². The first-order valence-electron chi connectivity index (χ1n) is 4.35. The minimum atomic E-state index is 0.306. The summed E-state index contributed by atoms with van der Waals surface area (Å²) in [4.78, 5) is 1.47. The van der Waals surface area contributed by atoms with Crippen molar-refractivity contribution in [2.24, 2.45) is 5.92 Å². The van der Waals surface area contributed by atoms with Gasteiger partial charge in [0.15, 0.2) is 0 Å². The molecule has 2 atom stereocenters. The summed E-state index contributed by atoms with van der Waals surface area (Å²) in [5.74, 6) is 0.705. The van der Waals surface area contributed by atoms with Crippen LogP contribution < -0.4 is 0 Å². The quantitative estimate of drug-likeness (QED) is 0.649. The predicted molar refractivity (Wildman–Crippen MR) is 57.1 cm³/mol. The molecule has 2 unspecified atom stereocenters. The molecule has 0 amide bonds. The van der Waals surface area contributed by atoms with Crippen LogP contribution in [0.4, 0.5) is 0 Å². The fourth-order valence-electron chi connectivity index (χ4n) is 1.41. The van der Waals surface area contributed by atoms with E-state index in [0.29, 0.717) is 11.3 Å². The second-order valence-electron chi connectivity index (χ2n) is 3.41. The molecule has 0 aliphatic carbocycles. The van der Waals surface area contributed by atoms with E-state index in [0.717, 1.165) is 6.42 Å². The molecule has 2 heteroatoms. The highest BCUT2D eigenvalue weighted by Gasteiger charge is 2.07. The summed E-state index contributed by atoms with van der Waals surface area (Å²) in [7, 11) is 0. The normalized spacial score (nSPS) is 15.9. The maximum absolute atomic E-state index is 5.92. The average Bonchev–Trinajstić information content (AvgIpc) is 2.37. The maximum Gasteiger partial charge on any atom is 0.0310 e. The molecule has 1 rings (SSSR count). The van der Waals surface area contributed by atoms with Gasteiger partial charge in [-0.25, -0.2) is 0 Å². The maximum atomic E-state index is 5.92. The van der Waals surface area contributed by atoms with E-state index in [-0.39, 0.29) is 0 Å². The van der Waals surface area contributed by atoms with E-state index in [9.17, 15) is 0 Å². The SMILES string of the molecule is CC(Cl)CC(C)Cc1cccs1. The molecule has 12 heavy (non-hydrogen) atoms. The van der Waals surface area contributed by atoms with Crippen molar-refractivity contribution in [3.05, 3.63) is 22.4 Å². The summed E-state index contributed by atoms with van der Waals surface area (Å²) in [5, 5.41) is 2.44. The van der Waals surface area contributed by atoms with E-state index in [1.54, 1.807) is 0 Å². The molecular formula is C10H15ClS. The first kappa shape index (κ1) is 10.1. The lowest BCUT2D eigenvalue weighted by Gasteiger charge is -2.10. The molecule has 0 N–H and O–H groups in total. The van der Waals surface area contributed by atoms with Crippen LogP contribution in [0.1, 0.15) is 25.1 Å². The molecule has 0 spiro atoms. The monoisotopic (exact) mass is 202 g/mol. The van der Waals surface area contributed by atoms with Crippen molar-refractivity contribution >= 4 is 22.9 Å². The Morgan fingerprint density at radius 3 is 2.75 bits per heavy atom. The summed E-state index contributed by atoms with van der Waals surface area (Å²) >= 11 is 7.75. The fraction of sp³-hybridized carbons (Fsp3) is 0.600. The molecule has 0 aromatic carbocycles. The van der Waals surface area contributed by atoms with E-state index < -0.39 is 0 Å². The minimum absolute atomic E-state index is 0.306. The van der Waals surface area contributed by atoms with Gasteiger partial charge < -0.3 is 0 Å². The van der Waals surface area contributed by atoms with Crippen LogP contribution >= 0.6 is 22.9 Å². The molecule has 1 aromatic heterocycles. The number of hydrogen-bond acceptors (Lipinski definition) is 1. The lowest BCUT2D eigenvalue weighted by Crippen LogP contribution is -2.04. The first-order valence-corrected chi connectivity index (χ1v) is 5.66. The van der Waals surface area contributed by atoms with Crippen LogP contribution in [-0.4, -0.2) is 5.38 Å². The van der Waals surface area contributed by atoms with Gasteiger partial charge >= 0.3 is 0 Å². The van der Waals surface area contributed by atoms with Crippen LogP contribution in [0, 0.1) is 5.92 Å². The summed E-state index contributed by atoms with van der Waals surface area (Å²) in [5.41, 5.74) is 0. The summed E-state index contributed by atoms with van der Waals surface area (Å²) in [6.45, 7) is 4.32. The van der Waals surface area contributed by atoms with Gasteiger partial charge in [0.25, 0.3) is 0 Å². The molecule has 0 saturated carbocycles. The predicted octanol–water partition coefficient (Wildman–Crippen LogP) is 3.94. The fourth-order valence-corrected chi connectivity index (χ4v) is 2.58. The Bertz CT molecular complexity index is 204. The molecule has 0 bridgehead atoms. The Hall–Kier alpha value is -0.0100. The summed E-state index contributed by atoms with van der Waals surface area (Å²) in [6, 6.07) is 4.30. The second kappa shape index (κ2) is 4.88. The molecule has 1 heterocycles. The highest BCUT2D eigenvalue weighted by molar-refractivity contribution is 7.09. The van der Waals surface area contributed by atoms with Gasteiger partial charge in [-0.2, -0.15) is 0 Å². The topological polar surface area (TPSA) is 0 Å². The zero-order chi connectivity index (χ0) is 8.97. The molecule has 0 aliphatic heterocycles. The van der Waals surface area contributed by atoms with Crippen molar-refractivity contribution in [3.63, 3.8) is 0 Å². The number of halogens is 1. The number of rotatable bonds is 4. The summed E-state index contributed by atoms with van der Waals surface area (Å²) < 4.78 is 0. The first-order chi connectivity index (χ1) is 5.68. The van der Waals surface area contributed by atoms with Gasteiger partial charge in [-0.1, -0.05) is 13.0 Å². The molecule has 0 saturated heterocycles. The van der Waals surface area contributed by atoms with E-state index in [1.165, 1.54) is 11.3 Å². The Morgan fingerprint density at radius 1 is 1.50 bits per heavy atom. The Labute approximate surface area is 83.6 Å². The zero-order valence-electron chi connectivity index (χ0n) is 7.59. The van der Waals surface area contributed by atoms with Gasteiger partial charge in [0.1, 0.15) is 0 Å². The van der Waals surface area contributed by atoms with Gasteiger partial charge in [-0.3, -0.25) is 0 Å². The standard InChI is InChI=1S/C10H15ClS/c1-8(6-9(2)11)7-10-4-3-5-12-10/h3-5,8-9H,6-7H2,1-2H3. The van der Waals surface area contributed by atoms with Gasteiger partial charge in [0.05, 0.1) is 0 Å². The van der Waals surface area contributed by atoms with Gasteiger partial charge in [-0.05, 0) is 37.1 Å². The van der Waals surface area contributed by atoms with Gasteiger partial charge in [0, 0.05) is 10.3 Å². The highest BCUT2D eigenvalue weighted by Crippen LogP contribution is 2.19. The lowest BCUT2D eigenvalue weighted by atomic mass is 10.0. The number of alkyl halides is 1. The van der Waals surface area contributed by atoms with E-state index in [2.05, 4.69) is 31.4 Å². The van der Waals surface area contributed by atoms with Crippen LogP contribution in [0.25, 0.3) is 0 Å². The molecule has 0 aliphatic rings. The van der Waals surface area contributed by atoms with E-state index >= 15 is 0 Å². The zero-order valence-corrected chi connectivity index (χ0v) is 9.16. The summed E-state index contributed by atoms with van der Waals surface area (Å²) in [6.07, 6.45) is 2.29. The van der Waals surface area contributed by atoms with Crippen LogP contribution in [-0.2, 0) is 6.42 Å². The molecule has 68 valence electrons. The van der Waals surface area contributed by atoms with Crippen molar-refractivity contribution in [1.82, 2.24) is 0 Å². The third-order valence-electron chi connectivity index (χ3n) is 1.86. The van der Waals surface area contributed by atoms with Crippen molar-refractivity contribution < 1.29 is 0 Å².